The minimum Gasteiger partial charge on any atom is -0.512 e. The quantitative estimate of drug-likeness (QED) is 0.0454. The number of hydrogen-bond donors (Lipinski definition) is 4. The van der Waals surface area contributed by atoms with Gasteiger partial charge >= 0.3 is 0 Å². The van der Waals surface area contributed by atoms with E-state index in [2.05, 4.69) is 136 Å². The number of thiazole rings is 2. The van der Waals surface area contributed by atoms with Gasteiger partial charge in [-0.05, 0) is 126 Å². The molecule has 0 saturated carbocycles. The Bertz CT molecular complexity index is 5500. The van der Waals surface area contributed by atoms with E-state index in [4.69, 9.17) is 34.2 Å². The van der Waals surface area contributed by atoms with Crippen molar-refractivity contribution in [3.05, 3.63) is 307 Å². The number of fused-ring (bicyclic) bond motifs is 7. The molecule has 0 bridgehead atoms. The van der Waals surface area contributed by atoms with E-state index in [9.17, 15) is 24.0 Å². The number of ketones is 4. The van der Waals surface area contributed by atoms with Crippen LogP contribution in [-0.2, 0) is 99.6 Å². The number of carbonyl (C=O) groups is 4. The van der Waals surface area contributed by atoms with Gasteiger partial charge in [0.2, 0.25) is 0 Å². The van der Waals surface area contributed by atoms with Gasteiger partial charge in [0.1, 0.15) is 11.5 Å². The monoisotopic (exact) mass is 2200 g/mol. The maximum Gasteiger partial charge on any atom is 0.269 e. The minimum absolute atomic E-state index is 0. The van der Waals surface area contributed by atoms with Crippen LogP contribution in [0.4, 0.5) is 5.69 Å². The molecule has 109 heavy (non-hydrogen) atoms. The van der Waals surface area contributed by atoms with Crippen LogP contribution in [-0.4, -0.2) is 77.6 Å². The predicted octanol–water partition coefficient (Wildman–Crippen LogP) is 21.1. The second-order valence-corrected chi connectivity index (χ2v) is 25.6. The van der Waals surface area contributed by atoms with Gasteiger partial charge in [0, 0.05) is 145 Å². The molecule has 0 spiro atoms. The zero-order valence-corrected chi connectivity index (χ0v) is 71.9. The first-order valence-corrected chi connectivity index (χ1v) is 34.4. The third-order valence-electron chi connectivity index (χ3n) is 14.4. The van der Waals surface area contributed by atoms with Crippen molar-refractivity contribution in [3.63, 3.8) is 0 Å². The zero-order chi connectivity index (χ0) is 75.5. The summed E-state index contributed by atoms with van der Waals surface area (Å²) in [5.74, 6) is 0.372. The summed E-state index contributed by atoms with van der Waals surface area (Å²) in [6.45, 7) is 11.4. The van der Waals surface area contributed by atoms with Gasteiger partial charge in [-0.15, -0.1) is 101 Å². The summed E-state index contributed by atoms with van der Waals surface area (Å²) in [4.78, 5) is 72.6. The molecular formula is C87H75Ir4N5O11S2-4. The first-order valence-electron chi connectivity index (χ1n) is 32.8. The van der Waals surface area contributed by atoms with Crippen molar-refractivity contribution in [2.75, 3.05) is 19.0 Å². The molecule has 0 amide bonds. The molecule has 22 heteroatoms. The number of rotatable bonds is 9. The van der Waals surface area contributed by atoms with Crippen LogP contribution in [0, 0.1) is 24.3 Å². The number of allylic oxidation sites excluding steroid dienone is 8. The Morgan fingerprint density at radius 3 is 1.41 bits per heavy atom. The molecule has 15 aromatic rings. The molecule has 0 unspecified atom stereocenters. The second-order valence-electron chi connectivity index (χ2n) is 23.6. The third kappa shape index (κ3) is 28.4. The fourth-order valence-electron chi connectivity index (χ4n) is 10.0. The predicted molar refractivity (Wildman–Crippen MR) is 426 cm³/mol. The van der Waals surface area contributed by atoms with Crippen LogP contribution in [0.3, 0.4) is 0 Å². The van der Waals surface area contributed by atoms with Crippen molar-refractivity contribution in [3.8, 4) is 43.9 Å². The number of carbonyl (C=O) groups excluding carboxylic acids is 4. The molecule has 10 aromatic carbocycles. The topological polar surface area (TPSA) is 247 Å². The van der Waals surface area contributed by atoms with Gasteiger partial charge in [0.15, 0.2) is 23.1 Å². The summed E-state index contributed by atoms with van der Waals surface area (Å²) < 4.78 is 13.4. The van der Waals surface area contributed by atoms with E-state index in [1.807, 2.05) is 147 Å². The van der Waals surface area contributed by atoms with Crippen molar-refractivity contribution in [1.29, 1.82) is 0 Å². The van der Waals surface area contributed by atoms with Crippen LogP contribution in [0.2, 0.25) is 0 Å². The van der Waals surface area contributed by atoms with Crippen LogP contribution < -0.4 is 10.5 Å². The number of hydrogen-bond acceptors (Lipinski definition) is 18. The Kier molecular flexibility index (Phi) is 38.2. The summed E-state index contributed by atoms with van der Waals surface area (Å²) in [6.07, 6.45) is 6.53. The average molecular weight is 2200 g/mol. The Morgan fingerprint density at radius 2 is 0.908 bits per heavy atom. The maximum absolute atomic E-state index is 12.3. The summed E-state index contributed by atoms with van der Waals surface area (Å²) in [6, 6.07) is 85.4. The Morgan fingerprint density at radius 1 is 0.431 bits per heavy atom. The smallest absolute Gasteiger partial charge is 0.269 e. The van der Waals surface area contributed by atoms with Crippen LogP contribution in [0.1, 0.15) is 55.4 Å². The number of benzene rings is 10. The van der Waals surface area contributed by atoms with Gasteiger partial charge < -0.3 is 39.1 Å². The first kappa shape index (κ1) is 91.2. The molecule has 0 saturated heterocycles. The summed E-state index contributed by atoms with van der Waals surface area (Å²) >= 11 is 3.19. The number of aliphatic hydroxyl groups is 4. The van der Waals surface area contributed by atoms with Gasteiger partial charge in [-0.25, -0.2) is 0 Å². The molecule has 4 N–H and O–H groups in total. The summed E-state index contributed by atoms with van der Waals surface area (Å²) in [5.41, 5.74) is 9.13. The number of aromatic nitrogens is 4. The largest absolute Gasteiger partial charge is 0.512 e. The molecule has 16 nitrogen and oxygen atoms in total. The third-order valence-corrected chi connectivity index (χ3v) is 16.5. The molecule has 0 aliphatic carbocycles. The van der Waals surface area contributed by atoms with Gasteiger partial charge in [-0.2, -0.15) is 22.7 Å². The number of oxazole rings is 1. The van der Waals surface area contributed by atoms with E-state index in [1.165, 1.54) is 128 Å². The van der Waals surface area contributed by atoms with Crippen molar-refractivity contribution < 1.29 is 129 Å². The van der Waals surface area contributed by atoms with Crippen molar-refractivity contribution in [2.45, 2.75) is 55.4 Å². The molecule has 0 fully saturated rings. The molecule has 5 aromatic heterocycles. The molecule has 15 rings (SSSR count). The van der Waals surface area contributed by atoms with E-state index in [0.29, 0.717) is 22.0 Å². The summed E-state index contributed by atoms with van der Waals surface area (Å²) in [5, 5.41) is 43.1. The number of aliphatic hydroxyl groups excluding tert-OH is 4. The van der Waals surface area contributed by atoms with Crippen LogP contribution >= 0.6 is 22.7 Å². The zero-order valence-electron chi connectivity index (χ0n) is 60.7. The van der Waals surface area contributed by atoms with E-state index in [0.717, 1.165) is 65.3 Å². The molecule has 5 heterocycles. The second kappa shape index (κ2) is 45.6. The fraction of sp³-hybridized carbons (Fsp3) is 0.115. The van der Waals surface area contributed by atoms with Crippen LogP contribution in [0.15, 0.2) is 286 Å². The van der Waals surface area contributed by atoms with E-state index < -0.39 is 5.63 Å². The van der Waals surface area contributed by atoms with Crippen molar-refractivity contribution in [2.24, 2.45) is 0 Å². The van der Waals surface area contributed by atoms with E-state index in [1.54, 1.807) is 11.3 Å². The SMILES string of the molecule is CC(=O)C=C(C)O.CC(=O)C=C(C)O.CC(=O)C=C(C)O.CC(=O)C=C(C)O.CN(C)c1ccc2[c-]c(-c3nc4ccccc4s3)c(=O)oc2c1.[Ir].[Ir].[Ir].[Ir].[c-]1cc2ccccc2cc1-c1nccc2ccccc12.[c-]1ccc2ccccc2c1-c1nc2ccccc2s1.[c-]1ccccc1-c1nc2ccccc2o1. The fourth-order valence-corrected chi connectivity index (χ4v) is 12.0. The van der Waals surface area contributed by atoms with Gasteiger partial charge in [-0.3, -0.25) is 38.9 Å². The minimum atomic E-state index is -0.410. The number of pyridine rings is 1. The standard InChI is InChI=1S/C19H12N.C18H13N2O2S.C17H10NS.C13H8NO.4C5H8O2.4Ir/c1-2-7-16-13-17(10-9-14(16)5-1)19-18-8-4-3-6-15(18)11-12-20-19;1-20(2)12-8-7-11-9-13(18(21)22-15(11)10-12)17-19-14-5-3-4-6-16(14)23-17;1-2-8-13-12(6-1)7-5-9-14(13)17-18-15-10-3-4-11-16(15)19-17;1-2-6-10(7-3-1)13-14-11-8-4-5-9-12(11)15-13;4*1-4(6)3-5(2)7;;;;/h1-9,11-13H;3-8,10H,1-2H3;1-8,10-11H;1-6,8-9H;4*3,6H,1-2H3;;;;/q4*-1;;;;;;;;. The molecule has 566 valence electrons. The Balaban J connectivity index is 0.000000274. The number of nitrogens with zero attached hydrogens (tertiary/aromatic N) is 5. The van der Waals surface area contributed by atoms with Crippen molar-refractivity contribution in [1.82, 2.24) is 19.9 Å². The maximum atomic E-state index is 12.3. The average Bonchev–Trinajstić information content (AvgIpc) is 1.64. The molecule has 0 aliphatic rings. The first-order chi connectivity index (χ1) is 50.4. The molecule has 0 atom stereocenters. The van der Waals surface area contributed by atoms with E-state index >= 15 is 0 Å². The molecule has 0 aliphatic heterocycles. The number of para-hydroxylation sites is 4. The normalized spacial score (nSPS) is 10.7. The molecule has 4 radical (unpaired) electrons. The Hall–Kier alpha value is -10.2. The summed E-state index contributed by atoms with van der Waals surface area (Å²) in [7, 11) is 3.89. The van der Waals surface area contributed by atoms with Gasteiger partial charge in [0.05, 0.1) is 50.2 Å². The molecular weight excluding hydrogens is 2120 g/mol. The van der Waals surface area contributed by atoms with Gasteiger partial charge in [0.25, 0.3) is 5.63 Å². The van der Waals surface area contributed by atoms with Crippen molar-refractivity contribution >= 4 is 126 Å². The Labute approximate surface area is 693 Å². The van der Waals surface area contributed by atoms with Gasteiger partial charge in [-0.1, -0.05) is 137 Å². The van der Waals surface area contributed by atoms with E-state index in [-0.39, 0.29) is 127 Å². The number of anilines is 1. The van der Waals surface area contributed by atoms with Crippen LogP contribution in [0.25, 0.3) is 119 Å². The van der Waals surface area contributed by atoms with Crippen LogP contribution in [0.5, 0.6) is 0 Å².